The van der Waals surface area contributed by atoms with Crippen LogP contribution in [0.5, 0.6) is 0 Å². The van der Waals surface area contributed by atoms with Gasteiger partial charge in [-0.2, -0.15) is 0 Å². The van der Waals surface area contributed by atoms with Gasteiger partial charge >= 0.3 is 5.97 Å². The highest BCUT2D eigenvalue weighted by Crippen LogP contribution is 2.26. The van der Waals surface area contributed by atoms with E-state index >= 15 is 0 Å². The molecule has 0 bridgehead atoms. The van der Waals surface area contributed by atoms with Crippen molar-refractivity contribution in [1.29, 1.82) is 0 Å². The van der Waals surface area contributed by atoms with E-state index in [9.17, 15) is 4.79 Å². The summed E-state index contributed by atoms with van der Waals surface area (Å²) in [4.78, 5) is 11.7. The molecule has 6 nitrogen and oxygen atoms in total. The molecule has 0 aliphatic rings. The fourth-order valence-corrected chi connectivity index (χ4v) is 3.48. The molecular formula is C8H7BrN4O2S2. The smallest absolute Gasteiger partial charge is 0.325 e. The Labute approximate surface area is 113 Å². The van der Waals surface area contributed by atoms with Crippen LogP contribution < -0.4 is 0 Å². The summed E-state index contributed by atoms with van der Waals surface area (Å²) in [6, 6.07) is 2.02. The van der Waals surface area contributed by atoms with Crippen LogP contribution in [0.3, 0.4) is 0 Å². The molecule has 0 atom stereocenters. The van der Waals surface area contributed by atoms with Gasteiger partial charge in [0.25, 0.3) is 0 Å². The molecule has 0 amide bonds. The molecule has 0 spiro atoms. The van der Waals surface area contributed by atoms with Crippen LogP contribution in [0.4, 0.5) is 0 Å². The van der Waals surface area contributed by atoms with Gasteiger partial charge in [-0.05, 0) is 32.4 Å². The number of thioether (sulfide) groups is 1. The minimum absolute atomic E-state index is 0.219. The van der Waals surface area contributed by atoms with Crippen LogP contribution in [0.1, 0.15) is 4.88 Å². The van der Waals surface area contributed by atoms with Crippen molar-refractivity contribution in [2.45, 2.75) is 17.5 Å². The van der Waals surface area contributed by atoms with E-state index in [4.69, 9.17) is 5.11 Å². The molecule has 17 heavy (non-hydrogen) atoms. The molecular weight excluding hydrogens is 328 g/mol. The van der Waals surface area contributed by atoms with Gasteiger partial charge in [-0.15, -0.1) is 16.4 Å². The summed E-state index contributed by atoms with van der Waals surface area (Å²) < 4.78 is 2.32. The predicted octanol–water partition coefficient (Wildman–Crippen LogP) is 1.87. The van der Waals surface area contributed by atoms with Crippen molar-refractivity contribution in [1.82, 2.24) is 20.2 Å². The molecule has 2 aromatic heterocycles. The lowest BCUT2D eigenvalue weighted by molar-refractivity contribution is -0.138. The van der Waals surface area contributed by atoms with Gasteiger partial charge < -0.3 is 5.11 Å². The third kappa shape index (κ3) is 3.51. The van der Waals surface area contributed by atoms with E-state index in [1.807, 2.05) is 11.4 Å². The minimum atomic E-state index is -0.960. The number of carboxylic acid groups (broad SMARTS) is 1. The summed E-state index contributed by atoms with van der Waals surface area (Å²) in [5, 5.41) is 22.0. The maximum atomic E-state index is 10.6. The SMILES string of the molecule is O=C(O)Cn1nnnc1SCc1cc(Br)cs1. The molecule has 0 saturated carbocycles. The standard InChI is InChI=1S/C8H7BrN4O2S2/c9-5-1-6(16-3-5)4-17-8-10-11-12-13(8)2-7(14)15/h1,3H,2,4H2,(H,14,15). The topological polar surface area (TPSA) is 80.9 Å². The molecule has 0 aliphatic heterocycles. The molecule has 0 aliphatic carbocycles. The number of carboxylic acids is 1. The fraction of sp³-hybridized carbons (Fsp3) is 0.250. The molecule has 90 valence electrons. The number of hydrogen-bond acceptors (Lipinski definition) is 6. The Morgan fingerprint density at radius 2 is 2.47 bits per heavy atom. The number of halogens is 1. The summed E-state index contributed by atoms with van der Waals surface area (Å²) >= 11 is 6.42. The van der Waals surface area contributed by atoms with Crippen molar-refractivity contribution in [3.8, 4) is 0 Å². The zero-order valence-electron chi connectivity index (χ0n) is 8.41. The second kappa shape index (κ2) is 5.61. The van der Waals surface area contributed by atoms with Crippen LogP contribution >= 0.6 is 39.0 Å². The van der Waals surface area contributed by atoms with E-state index in [0.717, 1.165) is 10.2 Å². The van der Waals surface area contributed by atoms with E-state index in [-0.39, 0.29) is 6.54 Å². The van der Waals surface area contributed by atoms with Crippen LogP contribution in [0.15, 0.2) is 21.1 Å². The largest absolute Gasteiger partial charge is 0.480 e. The number of nitrogens with zero attached hydrogens (tertiary/aromatic N) is 4. The van der Waals surface area contributed by atoms with Gasteiger partial charge in [0.1, 0.15) is 6.54 Å². The Balaban J connectivity index is 1.99. The quantitative estimate of drug-likeness (QED) is 0.840. The molecule has 0 unspecified atom stereocenters. The van der Waals surface area contributed by atoms with E-state index in [1.54, 1.807) is 11.3 Å². The fourth-order valence-electron chi connectivity index (χ4n) is 1.09. The zero-order valence-corrected chi connectivity index (χ0v) is 11.6. The Kier molecular flexibility index (Phi) is 4.13. The highest BCUT2D eigenvalue weighted by atomic mass is 79.9. The number of thiophene rings is 1. The highest BCUT2D eigenvalue weighted by molar-refractivity contribution is 9.10. The molecule has 2 rings (SSSR count). The number of rotatable bonds is 5. The molecule has 0 fully saturated rings. The van der Waals surface area contributed by atoms with E-state index in [0.29, 0.717) is 5.16 Å². The number of hydrogen-bond donors (Lipinski definition) is 1. The van der Waals surface area contributed by atoms with Gasteiger partial charge in [-0.1, -0.05) is 11.8 Å². The molecule has 0 aromatic carbocycles. The van der Waals surface area contributed by atoms with Crippen molar-refractivity contribution >= 4 is 45.0 Å². The molecule has 9 heteroatoms. The lowest BCUT2D eigenvalue weighted by Crippen LogP contribution is -2.11. The van der Waals surface area contributed by atoms with Crippen molar-refractivity contribution < 1.29 is 9.90 Å². The average molecular weight is 335 g/mol. The van der Waals surface area contributed by atoms with Gasteiger partial charge in [0.15, 0.2) is 0 Å². The molecule has 1 N–H and O–H groups in total. The first-order chi connectivity index (χ1) is 8.15. The van der Waals surface area contributed by atoms with Crippen LogP contribution in [0.25, 0.3) is 0 Å². The normalized spacial score (nSPS) is 10.6. The summed E-state index contributed by atoms with van der Waals surface area (Å²) in [5.74, 6) is -0.242. The molecule has 2 heterocycles. The third-order valence-corrected chi connectivity index (χ3v) is 4.64. The van der Waals surface area contributed by atoms with E-state index < -0.39 is 5.97 Å². The Bertz CT molecular complexity index is 527. The van der Waals surface area contributed by atoms with Crippen molar-refractivity contribution in [2.75, 3.05) is 0 Å². The van der Waals surface area contributed by atoms with Crippen LogP contribution in [0.2, 0.25) is 0 Å². The van der Waals surface area contributed by atoms with Crippen molar-refractivity contribution in [2.24, 2.45) is 0 Å². The minimum Gasteiger partial charge on any atom is -0.480 e. The third-order valence-electron chi connectivity index (χ3n) is 1.75. The highest BCUT2D eigenvalue weighted by Gasteiger charge is 2.10. The summed E-state index contributed by atoms with van der Waals surface area (Å²) in [6.07, 6.45) is 0. The number of tetrazole rings is 1. The number of aliphatic carboxylic acids is 1. The molecule has 0 saturated heterocycles. The molecule has 0 radical (unpaired) electrons. The monoisotopic (exact) mass is 334 g/mol. The maximum absolute atomic E-state index is 10.6. The van der Waals surface area contributed by atoms with Gasteiger partial charge in [0, 0.05) is 20.5 Å². The first-order valence-corrected chi connectivity index (χ1v) is 7.14. The second-order valence-electron chi connectivity index (χ2n) is 3.03. The second-order valence-corrected chi connectivity index (χ2v) is 5.89. The van der Waals surface area contributed by atoms with Crippen LogP contribution in [0, 0.1) is 0 Å². The van der Waals surface area contributed by atoms with Crippen LogP contribution in [-0.2, 0) is 17.1 Å². The number of carbonyl (C=O) groups is 1. The van der Waals surface area contributed by atoms with E-state index in [1.165, 1.54) is 21.3 Å². The van der Waals surface area contributed by atoms with Gasteiger partial charge in [-0.3, -0.25) is 4.79 Å². The summed E-state index contributed by atoms with van der Waals surface area (Å²) in [7, 11) is 0. The van der Waals surface area contributed by atoms with Gasteiger partial charge in [-0.25, -0.2) is 4.68 Å². The van der Waals surface area contributed by atoms with Crippen LogP contribution in [-0.4, -0.2) is 31.3 Å². The van der Waals surface area contributed by atoms with Crippen molar-refractivity contribution in [3.05, 3.63) is 20.8 Å². The Morgan fingerprint density at radius 3 is 3.12 bits per heavy atom. The van der Waals surface area contributed by atoms with Crippen molar-refractivity contribution in [3.63, 3.8) is 0 Å². The Hall–Kier alpha value is -0.930. The average Bonchev–Trinajstić information content (AvgIpc) is 2.84. The van der Waals surface area contributed by atoms with Gasteiger partial charge in [0.2, 0.25) is 5.16 Å². The zero-order chi connectivity index (χ0) is 12.3. The first-order valence-electron chi connectivity index (χ1n) is 4.49. The van der Waals surface area contributed by atoms with Gasteiger partial charge in [0.05, 0.1) is 0 Å². The molecule has 2 aromatic rings. The summed E-state index contributed by atoms with van der Waals surface area (Å²) in [5.41, 5.74) is 0. The lowest BCUT2D eigenvalue weighted by atomic mass is 10.5. The number of aromatic nitrogens is 4. The maximum Gasteiger partial charge on any atom is 0.325 e. The summed E-state index contributed by atoms with van der Waals surface area (Å²) in [6.45, 7) is -0.219. The Morgan fingerprint density at radius 1 is 1.65 bits per heavy atom. The predicted molar refractivity (Wildman–Crippen MR) is 67.0 cm³/mol. The van der Waals surface area contributed by atoms with E-state index in [2.05, 4.69) is 31.5 Å². The lowest BCUT2D eigenvalue weighted by Gasteiger charge is -1.99. The first kappa shape index (κ1) is 12.5.